The normalized spacial score (nSPS) is 18.0. The molecule has 0 heterocycles. The molecule has 0 saturated carbocycles. The van der Waals surface area contributed by atoms with Gasteiger partial charge in [-0.15, -0.1) is 0 Å². The number of hydrogen-bond donors (Lipinski definition) is 3. The summed E-state index contributed by atoms with van der Waals surface area (Å²) in [5, 5.41) is 9.21. The summed E-state index contributed by atoms with van der Waals surface area (Å²) in [7, 11) is -8.00. The van der Waals surface area contributed by atoms with Crippen molar-refractivity contribution in [1.29, 1.82) is 0 Å². The van der Waals surface area contributed by atoms with Gasteiger partial charge in [-0.1, -0.05) is 0 Å². The van der Waals surface area contributed by atoms with Crippen LogP contribution >= 0.6 is 15.4 Å². The van der Waals surface area contributed by atoms with Gasteiger partial charge in [-0.05, 0) is 27.7 Å². The Balaban J connectivity index is 3.87. The van der Waals surface area contributed by atoms with Crippen LogP contribution in [0.4, 0.5) is 0 Å². The number of hydrogen-bond acceptors (Lipinski definition) is 9. The summed E-state index contributed by atoms with van der Waals surface area (Å²) in [4.78, 5) is 18.7. The molecule has 158 valence electrons. The maximum atomic E-state index is 11.5. The average molecular weight is 424 g/mol. The number of ether oxygens (including phenoxy) is 3. The van der Waals surface area contributed by atoms with Crippen molar-refractivity contribution in [2.45, 2.75) is 39.9 Å². The topological polar surface area (TPSA) is 150 Å². The van der Waals surface area contributed by atoms with Crippen LogP contribution in [0, 0.1) is 5.92 Å². The fourth-order valence-electron chi connectivity index (χ4n) is 1.56. The summed E-state index contributed by atoms with van der Waals surface area (Å²) in [6.07, 6.45) is -1.40. The van der Waals surface area contributed by atoms with E-state index in [0.29, 0.717) is 0 Å². The highest BCUT2D eigenvalue weighted by molar-refractivity contribution is 7.52. The lowest BCUT2D eigenvalue weighted by Crippen LogP contribution is -2.21. The van der Waals surface area contributed by atoms with Crippen molar-refractivity contribution in [3.8, 4) is 0 Å². The minimum atomic E-state index is -4.17. The summed E-state index contributed by atoms with van der Waals surface area (Å²) < 4.78 is 52.1. The minimum Gasteiger partial charge on any atom is -0.396 e. The van der Waals surface area contributed by atoms with Gasteiger partial charge in [-0.3, -0.25) is 13.6 Å². The molecule has 0 fully saturated rings. The molecule has 26 heavy (non-hydrogen) atoms. The van der Waals surface area contributed by atoms with E-state index in [9.17, 15) is 24.0 Å². The van der Waals surface area contributed by atoms with E-state index in [-0.39, 0.29) is 26.6 Å². The smallest absolute Gasteiger partial charge is 0.396 e. The van der Waals surface area contributed by atoms with Gasteiger partial charge in [0, 0.05) is 5.92 Å². The van der Waals surface area contributed by atoms with E-state index in [1.807, 2.05) is 0 Å². The Kier molecular flexibility index (Phi) is 13.4. The first kappa shape index (κ1) is 26.1. The second kappa shape index (κ2) is 13.3. The predicted octanol–water partition coefficient (Wildman–Crippen LogP) is 1.67. The Labute approximate surface area is 153 Å². The average Bonchev–Trinajstić information content (AvgIpc) is 2.46. The molecule has 0 aromatic carbocycles. The summed E-state index contributed by atoms with van der Waals surface area (Å²) >= 11 is 0. The first-order valence-electron chi connectivity index (χ1n) is 7.97. The molecule has 3 N–H and O–H groups in total. The van der Waals surface area contributed by atoms with Gasteiger partial charge < -0.3 is 33.6 Å². The van der Waals surface area contributed by atoms with Crippen LogP contribution in [0.15, 0.2) is 0 Å². The van der Waals surface area contributed by atoms with Crippen LogP contribution in [-0.4, -0.2) is 66.9 Å². The minimum absolute atomic E-state index is 0.00681. The number of phosphoric ester groups is 1. The first-order chi connectivity index (χ1) is 12.0. The van der Waals surface area contributed by atoms with E-state index < -0.39 is 46.7 Å². The molecule has 0 spiro atoms. The fourth-order valence-corrected chi connectivity index (χ4v) is 3.38. The molecule has 0 radical (unpaired) electrons. The SMILES string of the molecule is CC(C)OP(=O)(O)COCOCC(CO)COCOP(=O)(O)OC(C)C. The summed E-state index contributed by atoms with van der Waals surface area (Å²) in [6, 6.07) is 0. The molecule has 3 atom stereocenters. The number of aliphatic hydroxyl groups is 1. The van der Waals surface area contributed by atoms with Gasteiger partial charge in [-0.25, -0.2) is 4.57 Å². The van der Waals surface area contributed by atoms with Crippen LogP contribution < -0.4 is 0 Å². The molecule has 0 aliphatic rings. The summed E-state index contributed by atoms with van der Waals surface area (Å²) in [6.45, 7) is 5.41. The highest BCUT2D eigenvalue weighted by atomic mass is 31.2. The molecule has 0 aromatic rings. The lowest BCUT2D eigenvalue weighted by molar-refractivity contribution is -0.0828. The van der Waals surface area contributed by atoms with E-state index in [0.717, 1.165) is 0 Å². The van der Waals surface area contributed by atoms with Crippen LogP contribution in [0.2, 0.25) is 0 Å². The summed E-state index contributed by atoms with van der Waals surface area (Å²) in [5.41, 5.74) is 0. The largest absolute Gasteiger partial charge is 0.474 e. The van der Waals surface area contributed by atoms with Gasteiger partial charge in [0.05, 0.1) is 32.0 Å². The molecule has 0 rings (SSSR count). The van der Waals surface area contributed by atoms with E-state index in [1.165, 1.54) is 0 Å². The zero-order chi connectivity index (χ0) is 20.2. The Morgan fingerprint density at radius 2 is 1.38 bits per heavy atom. The van der Waals surface area contributed by atoms with Gasteiger partial charge in [0.25, 0.3) is 0 Å². The zero-order valence-electron chi connectivity index (χ0n) is 15.5. The van der Waals surface area contributed by atoms with Gasteiger partial charge >= 0.3 is 15.4 Å². The van der Waals surface area contributed by atoms with Crippen molar-refractivity contribution in [3.05, 3.63) is 0 Å². The molecule has 11 nitrogen and oxygen atoms in total. The van der Waals surface area contributed by atoms with Crippen molar-refractivity contribution < 1.29 is 51.8 Å². The highest BCUT2D eigenvalue weighted by Crippen LogP contribution is 2.44. The third-order valence-corrected chi connectivity index (χ3v) is 4.78. The standard InChI is InChI=1S/C13H30O11P2/c1-11(2)23-25(15,16)10-21-8-19-6-13(5-14)7-20-9-22-26(17,18)24-12(3)4/h11-14H,5-10H2,1-4H3,(H,15,16)(H,17,18). The van der Waals surface area contributed by atoms with E-state index in [1.54, 1.807) is 27.7 Å². The molecule has 13 heteroatoms. The van der Waals surface area contributed by atoms with Crippen molar-refractivity contribution in [3.63, 3.8) is 0 Å². The van der Waals surface area contributed by atoms with Crippen molar-refractivity contribution in [1.82, 2.24) is 0 Å². The van der Waals surface area contributed by atoms with Gasteiger partial charge in [-0.2, -0.15) is 0 Å². The fraction of sp³-hybridized carbons (Fsp3) is 1.00. The Bertz CT molecular complexity index is 457. The Morgan fingerprint density at radius 1 is 0.846 bits per heavy atom. The number of rotatable bonds is 16. The molecule has 0 aromatic heterocycles. The second-order valence-electron chi connectivity index (χ2n) is 5.90. The van der Waals surface area contributed by atoms with Crippen LogP contribution in [0.1, 0.15) is 27.7 Å². The quantitative estimate of drug-likeness (QED) is 0.189. The highest BCUT2D eigenvalue weighted by Gasteiger charge is 2.23. The van der Waals surface area contributed by atoms with Gasteiger partial charge in [0.15, 0.2) is 13.1 Å². The van der Waals surface area contributed by atoms with Crippen LogP contribution in [0.5, 0.6) is 0 Å². The third-order valence-electron chi connectivity index (χ3n) is 2.41. The van der Waals surface area contributed by atoms with Crippen molar-refractivity contribution in [2.24, 2.45) is 5.92 Å². The lowest BCUT2D eigenvalue weighted by atomic mass is 10.2. The molecule has 0 aliphatic heterocycles. The maximum absolute atomic E-state index is 11.5. The van der Waals surface area contributed by atoms with Crippen LogP contribution in [-0.2, 0) is 36.9 Å². The van der Waals surface area contributed by atoms with E-state index in [4.69, 9.17) is 18.7 Å². The van der Waals surface area contributed by atoms with E-state index >= 15 is 0 Å². The molecule has 0 aliphatic carbocycles. The Morgan fingerprint density at radius 3 is 1.88 bits per heavy atom. The second-order valence-corrected chi connectivity index (χ2v) is 9.05. The first-order valence-corrected chi connectivity index (χ1v) is 11.2. The number of phosphoric acid groups is 1. The van der Waals surface area contributed by atoms with Crippen molar-refractivity contribution >= 4 is 15.4 Å². The molecule has 0 saturated heterocycles. The summed E-state index contributed by atoms with van der Waals surface area (Å²) in [5.74, 6) is -0.445. The van der Waals surface area contributed by atoms with Crippen LogP contribution in [0.25, 0.3) is 0 Å². The van der Waals surface area contributed by atoms with E-state index in [2.05, 4.69) is 9.05 Å². The van der Waals surface area contributed by atoms with Gasteiger partial charge in [0.2, 0.25) is 0 Å². The third kappa shape index (κ3) is 15.2. The van der Waals surface area contributed by atoms with Gasteiger partial charge in [0.1, 0.15) is 6.79 Å². The maximum Gasteiger partial charge on any atom is 0.474 e. The molecule has 0 bridgehead atoms. The van der Waals surface area contributed by atoms with Crippen molar-refractivity contribution in [2.75, 3.05) is 39.8 Å². The molecular formula is C13H30O11P2. The monoisotopic (exact) mass is 424 g/mol. The Hall–Kier alpha value is 0.1000. The predicted molar refractivity (Wildman–Crippen MR) is 91.3 cm³/mol. The lowest BCUT2D eigenvalue weighted by Gasteiger charge is -2.18. The zero-order valence-corrected chi connectivity index (χ0v) is 17.3. The van der Waals surface area contributed by atoms with Crippen LogP contribution in [0.3, 0.4) is 0 Å². The molecule has 3 unspecified atom stereocenters. The molecular weight excluding hydrogens is 394 g/mol. The number of aliphatic hydroxyl groups excluding tert-OH is 1. The molecule has 0 amide bonds.